The van der Waals surface area contributed by atoms with Gasteiger partial charge in [0.05, 0.1) is 18.8 Å². The van der Waals surface area contributed by atoms with Gasteiger partial charge in [0.2, 0.25) is 5.91 Å². The van der Waals surface area contributed by atoms with Crippen molar-refractivity contribution in [1.82, 2.24) is 24.9 Å². The van der Waals surface area contributed by atoms with Crippen molar-refractivity contribution < 1.29 is 14.3 Å². The highest BCUT2D eigenvalue weighted by Gasteiger charge is 2.32. The number of aromatic nitrogens is 4. The van der Waals surface area contributed by atoms with E-state index >= 15 is 0 Å². The monoisotopic (exact) mass is 394 g/mol. The number of ether oxygens (including phenoxy) is 1. The highest BCUT2D eigenvalue weighted by molar-refractivity contribution is 5.98. The Balaban J connectivity index is 1.50. The summed E-state index contributed by atoms with van der Waals surface area (Å²) in [4.78, 5) is 35.3. The first-order valence-corrected chi connectivity index (χ1v) is 9.42. The molecule has 4 rings (SSSR count). The smallest absolute Gasteiger partial charge is 0.270 e. The Labute approximate surface area is 167 Å². The van der Waals surface area contributed by atoms with Crippen LogP contribution in [0.15, 0.2) is 36.7 Å². The molecule has 150 valence electrons. The number of rotatable bonds is 5. The van der Waals surface area contributed by atoms with Gasteiger partial charge in [-0.25, -0.2) is 9.50 Å². The summed E-state index contributed by atoms with van der Waals surface area (Å²) in [6.45, 7) is 4.43. The van der Waals surface area contributed by atoms with Crippen molar-refractivity contribution in [2.24, 2.45) is 0 Å². The van der Waals surface area contributed by atoms with Gasteiger partial charge in [-0.05, 0) is 36.2 Å². The first-order valence-electron chi connectivity index (χ1n) is 9.42. The molecule has 3 heterocycles. The van der Waals surface area contributed by atoms with E-state index in [0.29, 0.717) is 12.3 Å². The predicted molar refractivity (Wildman–Crippen MR) is 106 cm³/mol. The maximum absolute atomic E-state index is 12.8. The summed E-state index contributed by atoms with van der Waals surface area (Å²) in [6, 6.07) is 8.70. The molecule has 3 aromatic rings. The van der Waals surface area contributed by atoms with Crippen LogP contribution in [0.5, 0.6) is 5.75 Å². The van der Waals surface area contributed by atoms with Crippen molar-refractivity contribution >= 4 is 23.3 Å². The lowest BCUT2D eigenvalue weighted by Crippen LogP contribution is -2.37. The van der Waals surface area contributed by atoms with E-state index in [-0.39, 0.29) is 35.9 Å². The Bertz CT molecular complexity index is 1060. The minimum Gasteiger partial charge on any atom is -0.497 e. The average Bonchev–Trinajstić information content (AvgIpc) is 3.33. The number of carbonyl (C=O) groups excluding carboxylic acids is 2. The standard InChI is InChI=1S/C20H22N6O3/c1-12(2)17-9-16(24-20-21-11-22-26(17)20)19(28)23-13-8-18(27)25(10-13)14-4-6-15(29-3)7-5-14/h4-7,9,11-13H,8,10H2,1-3H3,(H,23,28)/t13-/m1/s1. The molecule has 2 aromatic heterocycles. The van der Waals surface area contributed by atoms with Crippen LogP contribution in [0.3, 0.4) is 0 Å². The van der Waals surface area contributed by atoms with E-state index in [9.17, 15) is 9.59 Å². The van der Waals surface area contributed by atoms with Gasteiger partial charge in [0.1, 0.15) is 17.8 Å². The molecule has 29 heavy (non-hydrogen) atoms. The third kappa shape index (κ3) is 3.63. The molecule has 1 aliphatic heterocycles. The molecule has 0 spiro atoms. The van der Waals surface area contributed by atoms with Crippen molar-refractivity contribution in [3.63, 3.8) is 0 Å². The van der Waals surface area contributed by atoms with Gasteiger partial charge >= 0.3 is 0 Å². The van der Waals surface area contributed by atoms with Gasteiger partial charge in [0.15, 0.2) is 0 Å². The fourth-order valence-corrected chi connectivity index (χ4v) is 3.44. The summed E-state index contributed by atoms with van der Waals surface area (Å²) in [5, 5.41) is 7.09. The van der Waals surface area contributed by atoms with E-state index in [0.717, 1.165) is 17.1 Å². The van der Waals surface area contributed by atoms with Gasteiger partial charge < -0.3 is 15.0 Å². The number of amides is 2. The van der Waals surface area contributed by atoms with E-state index in [1.54, 1.807) is 34.7 Å². The van der Waals surface area contributed by atoms with Crippen LogP contribution in [0, 0.1) is 0 Å². The lowest BCUT2D eigenvalue weighted by molar-refractivity contribution is -0.117. The summed E-state index contributed by atoms with van der Waals surface area (Å²) < 4.78 is 6.78. The number of hydrogen-bond donors (Lipinski definition) is 1. The topological polar surface area (TPSA) is 102 Å². The molecule has 2 amide bonds. The number of nitrogens with zero attached hydrogens (tertiary/aromatic N) is 5. The number of anilines is 1. The lowest BCUT2D eigenvalue weighted by atomic mass is 10.1. The van der Waals surface area contributed by atoms with Crippen molar-refractivity contribution in [1.29, 1.82) is 0 Å². The average molecular weight is 394 g/mol. The second kappa shape index (κ2) is 7.50. The first kappa shape index (κ1) is 18.9. The zero-order valence-electron chi connectivity index (χ0n) is 16.5. The SMILES string of the molecule is COc1ccc(N2C[C@H](NC(=O)c3cc(C(C)C)n4ncnc4n3)CC2=O)cc1. The van der Waals surface area contributed by atoms with Gasteiger partial charge in [-0.2, -0.15) is 10.1 Å². The number of hydrogen-bond acceptors (Lipinski definition) is 6. The summed E-state index contributed by atoms with van der Waals surface area (Å²) in [7, 11) is 1.59. The second-order valence-electron chi connectivity index (χ2n) is 7.27. The zero-order chi connectivity index (χ0) is 20.5. The Kier molecular flexibility index (Phi) is 4.87. The van der Waals surface area contributed by atoms with Crippen LogP contribution in [0.25, 0.3) is 5.78 Å². The fourth-order valence-electron chi connectivity index (χ4n) is 3.44. The number of carbonyl (C=O) groups is 2. The molecular formula is C20H22N6O3. The maximum atomic E-state index is 12.8. The molecule has 0 aliphatic carbocycles. The van der Waals surface area contributed by atoms with Crippen molar-refractivity contribution in [2.75, 3.05) is 18.6 Å². The number of methoxy groups -OCH3 is 1. The molecule has 0 radical (unpaired) electrons. The van der Waals surface area contributed by atoms with E-state index in [1.807, 2.05) is 26.0 Å². The maximum Gasteiger partial charge on any atom is 0.270 e. The molecule has 0 bridgehead atoms. The molecule has 9 nitrogen and oxygen atoms in total. The van der Waals surface area contributed by atoms with Crippen molar-refractivity contribution in [3.05, 3.63) is 48.0 Å². The van der Waals surface area contributed by atoms with Crippen LogP contribution in [-0.4, -0.2) is 51.1 Å². The third-order valence-corrected chi connectivity index (χ3v) is 4.95. The van der Waals surface area contributed by atoms with Crippen LogP contribution < -0.4 is 15.0 Å². The zero-order valence-corrected chi connectivity index (χ0v) is 16.5. The molecule has 0 unspecified atom stereocenters. The summed E-state index contributed by atoms with van der Waals surface area (Å²) in [6.07, 6.45) is 1.65. The minimum absolute atomic E-state index is 0.0378. The molecule has 1 N–H and O–H groups in total. The van der Waals surface area contributed by atoms with E-state index < -0.39 is 0 Å². The van der Waals surface area contributed by atoms with Crippen molar-refractivity contribution in [3.8, 4) is 5.75 Å². The minimum atomic E-state index is -0.327. The summed E-state index contributed by atoms with van der Waals surface area (Å²) in [5.74, 6) is 0.883. The number of fused-ring (bicyclic) bond motifs is 1. The Morgan fingerprint density at radius 2 is 2.03 bits per heavy atom. The molecule has 0 saturated carbocycles. The summed E-state index contributed by atoms with van der Waals surface area (Å²) in [5.41, 5.74) is 1.89. The van der Waals surface area contributed by atoms with Crippen LogP contribution in [0.1, 0.15) is 42.4 Å². The molecule has 9 heteroatoms. The molecule has 1 aliphatic rings. The summed E-state index contributed by atoms with van der Waals surface area (Å²) >= 11 is 0. The Morgan fingerprint density at radius 1 is 1.28 bits per heavy atom. The molecule has 1 saturated heterocycles. The Hall–Kier alpha value is -3.49. The van der Waals surface area contributed by atoms with Crippen LogP contribution in [0.4, 0.5) is 5.69 Å². The number of nitrogens with one attached hydrogen (secondary N) is 1. The highest BCUT2D eigenvalue weighted by atomic mass is 16.5. The van der Waals surface area contributed by atoms with E-state index in [4.69, 9.17) is 4.74 Å². The van der Waals surface area contributed by atoms with Gasteiger partial charge in [-0.3, -0.25) is 9.59 Å². The van der Waals surface area contributed by atoms with Gasteiger partial charge in [-0.15, -0.1) is 0 Å². The normalized spacial score (nSPS) is 16.6. The van der Waals surface area contributed by atoms with E-state index in [2.05, 4.69) is 20.4 Å². The number of benzene rings is 1. The molecular weight excluding hydrogens is 372 g/mol. The molecule has 1 atom stereocenters. The second-order valence-corrected chi connectivity index (χ2v) is 7.27. The third-order valence-electron chi connectivity index (χ3n) is 4.95. The quantitative estimate of drug-likeness (QED) is 0.708. The van der Waals surface area contributed by atoms with Gasteiger partial charge in [0, 0.05) is 18.7 Å². The van der Waals surface area contributed by atoms with Crippen LogP contribution in [-0.2, 0) is 4.79 Å². The van der Waals surface area contributed by atoms with Gasteiger partial charge in [-0.1, -0.05) is 13.8 Å². The highest BCUT2D eigenvalue weighted by Crippen LogP contribution is 2.24. The lowest BCUT2D eigenvalue weighted by Gasteiger charge is -2.17. The van der Waals surface area contributed by atoms with Gasteiger partial charge in [0.25, 0.3) is 11.7 Å². The largest absolute Gasteiger partial charge is 0.497 e. The van der Waals surface area contributed by atoms with Crippen LogP contribution >= 0.6 is 0 Å². The molecule has 1 aromatic carbocycles. The van der Waals surface area contributed by atoms with E-state index in [1.165, 1.54) is 6.33 Å². The fraction of sp³-hybridized carbons (Fsp3) is 0.350. The molecule has 1 fully saturated rings. The Morgan fingerprint density at radius 3 is 2.72 bits per heavy atom. The van der Waals surface area contributed by atoms with Crippen molar-refractivity contribution in [2.45, 2.75) is 32.2 Å². The van der Waals surface area contributed by atoms with Crippen LogP contribution in [0.2, 0.25) is 0 Å². The predicted octanol–water partition coefficient (Wildman–Crippen LogP) is 1.79. The first-order chi connectivity index (χ1) is 14.0.